The highest BCUT2D eigenvalue weighted by Gasteiger charge is 2.23. The van der Waals surface area contributed by atoms with Gasteiger partial charge in [-0.3, -0.25) is 0 Å². The van der Waals surface area contributed by atoms with Crippen LogP contribution in [0.1, 0.15) is 50.4 Å². The molecule has 1 fully saturated rings. The van der Waals surface area contributed by atoms with Crippen LogP contribution < -0.4 is 10.6 Å². The van der Waals surface area contributed by atoms with Crippen molar-refractivity contribution in [3.8, 4) is 0 Å². The molecule has 1 saturated carbocycles. The monoisotopic (exact) mass is 310 g/mol. The Balaban J connectivity index is 1.80. The maximum atomic E-state index is 12.1. The van der Waals surface area contributed by atoms with Gasteiger partial charge in [-0.1, -0.05) is 19.9 Å². The molecule has 0 aromatic carbocycles. The summed E-state index contributed by atoms with van der Waals surface area (Å²) in [4.78, 5) is 13.3. The molecule has 3 atom stereocenters. The summed E-state index contributed by atoms with van der Waals surface area (Å²) >= 11 is 1.68. The minimum absolute atomic E-state index is 0.0826. The minimum Gasteiger partial charge on any atom is -0.393 e. The Kier molecular flexibility index (Phi) is 6.06. The Morgan fingerprint density at radius 1 is 1.48 bits per heavy atom. The van der Waals surface area contributed by atoms with Gasteiger partial charge in [0, 0.05) is 11.4 Å². The van der Waals surface area contributed by atoms with E-state index in [9.17, 15) is 9.90 Å². The average Bonchev–Trinajstić information content (AvgIpc) is 3.06. The predicted octanol–water partition coefficient (Wildman–Crippen LogP) is 3.30. The first-order valence-electron chi connectivity index (χ1n) is 7.80. The first-order valence-corrected chi connectivity index (χ1v) is 8.68. The molecule has 21 heavy (non-hydrogen) atoms. The lowest BCUT2D eigenvalue weighted by Gasteiger charge is -2.20. The summed E-state index contributed by atoms with van der Waals surface area (Å²) in [5, 5.41) is 17.6. The number of rotatable bonds is 6. The van der Waals surface area contributed by atoms with Crippen molar-refractivity contribution in [3.63, 3.8) is 0 Å². The summed E-state index contributed by atoms with van der Waals surface area (Å²) in [7, 11) is 0. The molecule has 1 heterocycles. The molecule has 1 aromatic heterocycles. The van der Waals surface area contributed by atoms with Gasteiger partial charge in [0.2, 0.25) is 0 Å². The molecule has 1 aliphatic carbocycles. The van der Waals surface area contributed by atoms with Crippen molar-refractivity contribution in [2.24, 2.45) is 11.8 Å². The van der Waals surface area contributed by atoms with Crippen LogP contribution in [0.5, 0.6) is 0 Å². The van der Waals surface area contributed by atoms with E-state index < -0.39 is 0 Å². The van der Waals surface area contributed by atoms with Crippen molar-refractivity contribution < 1.29 is 9.90 Å². The quantitative estimate of drug-likeness (QED) is 0.755. The summed E-state index contributed by atoms with van der Waals surface area (Å²) in [5.74, 6) is 0.943. The van der Waals surface area contributed by atoms with Gasteiger partial charge in [-0.15, -0.1) is 11.3 Å². The lowest BCUT2D eigenvalue weighted by molar-refractivity contribution is 0.177. The molecule has 4 nitrogen and oxygen atoms in total. The number of aliphatic hydroxyl groups is 1. The van der Waals surface area contributed by atoms with Crippen LogP contribution in [0.15, 0.2) is 17.5 Å². The molecule has 0 unspecified atom stereocenters. The van der Waals surface area contributed by atoms with Gasteiger partial charge in [-0.25, -0.2) is 4.79 Å². The molecule has 0 spiro atoms. The Bertz CT molecular complexity index is 433. The second-order valence-electron chi connectivity index (χ2n) is 6.38. The molecule has 118 valence electrons. The van der Waals surface area contributed by atoms with Crippen LogP contribution in [0.2, 0.25) is 0 Å². The van der Waals surface area contributed by atoms with Crippen molar-refractivity contribution in [1.82, 2.24) is 10.6 Å². The molecular weight excluding hydrogens is 284 g/mol. The van der Waals surface area contributed by atoms with Gasteiger partial charge in [-0.2, -0.15) is 0 Å². The van der Waals surface area contributed by atoms with E-state index in [4.69, 9.17) is 0 Å². The largest absolute Gasteiger partial charge is 0.393 e. The number of hydrogen-bond acceptors (Lipinski definition) is 3. The Morgan fingerprint density at radius 3 is 2.86 bits per heavy atom. The van der Waals surface area contributed by atoms with E-state index >= 15 is 0 Å². The van der Waals surface area contributed by atoms with Crippen LogP contribution in [0.25, 0.3) is 0 Å². The number of amides is 2. The molecule has 1 aromatic rings. The zero-order valence-electron chi connectivity index (χ0n) is 12.8. The maximum Gasteiger partial charge on any atom is 0.315 e. The highest BCUT2D eigenvalue weighted by atomic mass is 32.1. The molecule has 5 heteroatoms. The third-order valence-electron chi connectivity index (χ3n) is 3.96. The smallest absolute Gasteiger partial charge is 0.315 e. The van der Waals surface area contributed by atoms with Gasteiger partial charge in [0.15, 0.2) is 0 Å². The van der Waals surface area contributed by atoms with Crippen molar-refractivity contribution in [2.75, 3.05) is 6.54 Å². The fourth-order valence-corrected chi connectivity index (χ4v) is 3.68. The van der Waals surface area contributed by atoms with Crippen LogP contribution in [-0.2, 0) is 0 Å². The van der Waals surface area contributed by atoms with Crippen LogP contribution in [-0.4, -0.2) is 23.8 Å². The van der Waals surface area contributed by atoms with E-state index in [0.717, 1.165) is 25.7 Å². The molecule has 2 rings (SSSR count). The molecule has 0 aliphatic heterocycles. The predicted molar refractivity (Wildman–Crippen MR) is 86.4 cm³/mol. The molecule has 0 radical (unpaired) electrons. The lowest BCUT2D eigenvalue weighted by atomic mass is 10.0. The summed E-state index contributed by atoms with van der Waals surface area (Å²) in [6.07, 6.45) is 3.43. The van der Waals surface area contributed by atoms with Gasteiger partial charge in [0.25, 0.3) is 0 Å². The topological polar surface area (TPSA) is 61.4 Å². The molecule has 1 aliphatic rings. The van der Waals surface area contributed by atoms with E-state index in [1.165, 1.54) is 4.88 Å². The Labute approximate surface area is 131 Å². The number of aliphatic hydroxyl groups excluding tert-OH is 1. The SMILES string of the molecule is CC(C)C[C@H](NC(=O)NC[C@@H]1CC[C@@H](O)C1)c1cccs1. The summed E-state index contributed by atoms with van der Waals surface area (Å²) in [5.41, 5.74) is 0. The summed E-state index contributed by atoms with van der Waals surface area (Å²) in [6.45, 7) is 4.99. The van der Waals surface area contributed by atoms with E-state index in [0.29, 0.717) is 18.4 Å². The van der Waals surface area contributed by atoms with E-state index in [1.54, 1.807) is 11.3 Å². The molecule has 0 saturated heterocycles. The van der Waals surface area contributed by atoms with Gasteiger partial charge in [0.05, 0.1) is 12.1 Å². The van der Waals surface area contributed by atoms with Crippen LogP contribution in [0, 0.1) is 11.8 Å². The summed E-state index contributed by atoms with van der Waals surface area (Å²) in [6, 6.07) is 4.08. The summed E-state index contributed by atoms with van der Waals surface area (Å²) < 4.78 is 0. The highest BCUT2D eigenvalue weighted by molar-refractivity contribution is 7.10. The number of thiophene rings is 1. The third-order valence-corrected chi connectivity index (χ3v) is 4.95. The molecule has 3 N–H and O–H groups in total. The first kappa shape index (κ1) is 16.3. The second kappa shape index (κ2) is 7.80. The standard InChI is InChI=1S/C16H26N2O2S/c1-11(2)8-14(15-4-3-7-21-15)18-16(20)17-10-12-5-6-13(19)9-12/h3-4,7,11-14,19H,5-6,8-10H2,1-2H3,(H2,17,18,20)/t12-,13-,14+/m1/s1. The van der Waals surface area contributed by atoms with Gasteiger partial charge in [-0.05, 0) is 49.0 Å². The van der Waals surface area contributed by atoms with Gasteiger partial charge >= 0.3 is 6.03 Å². The van der Waals surface area contributed by atoms with Gasteiger partial charge < -0.3 is 15.7 Å². The zero-order valence-corrected chi connectivity index (χ0v) is 13.7. The number of hydrogen-bond donors (Lipinski definition) is 3. The van der Waals surface area contributed by atoms with Crippen LogP contribution in [0.4, 0.5) is 4.79 Å². The van der Waals surface area contributed by atoms with Crippen molar-refractivity contribution in [1.29, 1.82) is 0 Å². The Morgan fingerprint density at radius 2 is 2.29 bits per heavy atom. The second-order valence-corrected chi connectivity index (χ2v) is 7.36. The number of carbonyl (C=O) groups is 1. The number of carbonyl (C=O) groups excluding carboxylic acids is 1. The van der Waals surface area contributed by atoms with E-state index in [-0.39, 0.29) is 18.2 Å². The van der Waals surface area contributed by atoms with Crippen molar-refractivity contribution in [3.05, 3.63) is 22.4 Å². The lowest BCUT2D eigenvalue weighted by Crippen LogP contribution is -2.40. The molecule has 2 amide bonds. The zero-order chi connectivity index (χ0) is 15.2. The van der Waals surface area contributed by atoms with Crippen molar-refractivity contribution in [2.45, 2.75) is 51.7 Å². The fraction of sp³-hybridized carbons (Fsp3) is 0.688. The van der Waals surface area contributed by atoms with E-state index in [2.05, 4.69) is 30.5 Å². The number of urea groups is 1. The van der Waals surface area contributed by atoms with Gasteiger partial charge in [0.1, 0.15) is 0 Å². The minimum atomic E-state index is -0.181. The van der Waals surface area contributed by atoms with Crippen LogP contribution >= 0.6 is 11.3 Å². The molecular formula is C16H26N2O2S. The van der Waals surface area contributed by atoms with Crippen molar-refractivity contribution >= 4 is 17.4 Å². The highest BCUT2D eigenvalue weighted by Crippen LogP contribution is 2.26. The first-order chi connectivity index (χ1) is 10.0. The maximum absolute atomic E-state index is 12.1. The average molecular weight is 310 g/mol. The molecule has 0 bridgehead atoms. The number of nitrogens with one attached hydrogen (secondary N) is 2. The fourth-order valence-electron chi connectivity index (χ4n) is 2.89. The van der Waals surface area contributed by atoms with Crippen LogP contribution in [0.3, 0.4) is 0 Å². The third kappa shape index (κ3) is 5.32. The van der Waals surface area contributed by atoms with E-state index in [1.807, 2.05) is 11.4 Å². The Hall–Kier alpha value is -1.07. The normalized spacial score (nSPS) is 23.2.